The molecule has 0 aliphatic carbocycles. The number of ether oxygens (including phenoxy) is 2. The van der Waals surface area contributed by atoms with Crippen LogP contribution in [0.15, 0.2) is 42.5 Å². The predicted molar refractivity (Wildman–Crippen MR) is 78.4 cm³/mol. The highest BCUT2D eigenvalue weighted by Crippen LogP contribution is 2.18. The van der Waals surface area contributed by atoms with Crippen molar-refractivity contribution in [1.29, 1.82) is 0 Å². The molecule has 2 aromatic rings. The monoisotopic (exact) mass is 290 g/mol. The van der Waals surface area contributed by atoms with Crippen molar-refractivity contribution in [2.75, 3.05) is 13.2 Å². The van der Waals surface area contributed by atoms with Gasteiger partial charge in [0.2, 0.25) is 0 Å². The van der Waals surface area contributed by atoms with Crippen LogP contribution in [0.25, 0.3) is 0 Å². The summed E-state index contributed by atoms with van der Waals surface area (Å²) in [4.78, 5) is 0. The van der Waals surface area contributed by atoms with E-state index in [-0.39, 0.29) is 5.82 Å². The van der Waals surface area contributed by atoms with Gasteiger partial charge in [0.15, 0.2) is 0 Å². The summed E-state index contributed by atoms with van der Waals surface area (Å²) in [5, 5.41) is 17.9. The molecule has 0 atom stereocenters. The van der Waals surface area contributed by atoms with Gasteiger partial charge in [-0.15, -0.1) is 0 Å². The zero-order chi connectivity index (χ0) is 15.2. The largest absolute Gasteiger partial charge is 0.490 e. The summed E-state index contributed by atoms with van der Waals surface area (Å²) in [6.45, 7) is 2.44. The Morgan fingerprint density at radius 2 is 1.67 bits per heavy atom. The summed E-state index contributed by atoms with van der Waals surface area (Å²) in [5.41, 5.74) is 1.14. The highest BCUT2D eigenvalue weighted by molar-refractivity contribution is 6.58. The maximum atomic E-state index is 12.9. The first-order chi connectivity index (χ1) is 10.1. The lowest BCUT2D eigenvalue weighted by Gasteiger charge is -2.10. The van der Waals surface area contributed by atoms with Crippen LogP contribution in [0.5, 0.6) is 11.5 Å². The molecule has 0 unspecified atom stereocenters. The smallest absolute Gasteiger partial charge is 0.488 e. The molecule has 0 saturated heterocycles. The Balaban J connectivity index is 1.79. The third-order valence-electron chi connectivity index (χ3n) is 2.92. The second-order valence-electron chi connectivity index (χ2n) is 4.55. The van der Waals surface area contributed by atoms with Crippen molar-refractivity contribution in [3.05, 3.63) is 53.8 Å². The highest BCUT2D eigenvalue weighted by atomic mass is 19.1. The van der Waals surface area contributed by atoms with Gasteiger partial charge in [0.05, 0.1) is 0 Å². The minimum absolute atomic E-state index is 0.290. The fourth-order valence-electron chi connectivity index (χ4n) is 1.82. The quantitative estimate of drug-likeness (QED) is 0.621. The minimum Gasteiger partial charge on any atom is -0.490 e. The van der Waals surface area contributed by atoms with E-state index in [0.29, 0.717) is 30.2 Å². The molecular weight excluding hydrogens is 274 g/mol. The first-order valence-electron chi connectivity index (χ1n) is 6.54. The van der Waals surface area contributed by atoms with Crippen LogP contribution in [0.3, 0.4) is 0 Å². The number of benzene rings is 2. The molecule has 110 valence electrons. The van der Waals surface area contributed by atoms with E-state index in [9.17, 15) is 4.39 Å². The van der Waals surface area contributed by atoms with Gasteiger partial charge in [-0.3, -0.25) is 0 Å². The second-order valence-corrected chi connectivity index (χ2v) is 4.55. The van der Waals surface area contributed by atoms with Crippen LogP contribution in [-0.2, 0) is 0 Å². The fraction of sp³-hybridized carbons (Fsp3) is 0.200. The Morgan fingerprint density at radius 1 is 1.00 bits per heavy atom. The van der Waals surface area contributed by atoms with Crippen LogP contribution >= 0.6 is 0 Å². The molecule has 2 aromatic carbocycles. The molecule has 0 aliphatic rings. The van der Waals surface area contributed by atoms with Crippen molar-refractivity contribution in [1.82, 2.24) is 0 Å². The number of aryl methyl sites for hydroxylation is 1. The molecule has 0 aromatic heterocycles. The normalized spacial score (nSPS) is 10.3. The SMILES string of the molecule is Cc1cc(F)ccc1OCCOc1ccc(B(O)O)cc1. The van der Waals surface area contributed by atoms with Gasteiger partial charge in [0, 0.05) is 0 Å². The predicted octanol–water partition coefficient (Wildman–Crippen LogP) is 1.27. The van der Waals surface area contributed by atoms with Crippen LogP contribution in [0.1, 0.15) is 5.56 Å². The Morgan fingerprint density at radius 3 is 2.29 bits per heavy atom. The van der Waals surface area contributed by atoms with Gasteiger partial charge in [-0.05, 0) is 48.3 Å². The van der Waals surface area contributed by atoms with E-state index in [1.54, 1.807) is 37.3 Å². The topological polar surface area (TPSA) is 58.9 Å². The average Bonchev–Trinajstić information content (AvgIpc) is 2.46. The van der Waals surface area contributed by atoms with Gasteiger partial charge in [-0.1, -0.05) is 12.1 Å². The number of hydrogen-bond donors (Lipinski definition) is 2. The van der Waals surface area contributed by atoms with Crippen molar-refractivity contribution in [2.24, 2.45) is 0 Å². The standard InChI is InChI=1S/C15H16BFO4/c1-11-10-13(17)4-7-15(11)21-9-8-20-14-5-2-12(3-6-14)16(18)19/h2-7,10,18-19H,8-9H2,1H3. The second kappa shape index (κ2) is 7.10. The Hall–Kier alpha value is -2.05. The lowest BCUT2D eigenvalue weighted by atomic mass is 9.80. The van der Waals surface area contributed by atoms with E-state index in [2.05, 4.69) is 0 Å². The van der Waals surface area contributed by atoms with Gasteiger partial charge in [0.25, 0.3) is 0 Å². The Bertz CT molecular complexity index is 587. The first-order valence-corrected chi connectivity index (χ1v) is 6.54. The number of halogens is 1. The third-order valence-corrected chi connectivity index (χ3v) is 2.92. The summed E-state index contributed by atoms with van der Waals surface area (Å²) in [5.74, 6) is 0.944. The number of rotatable bonds is 6. The Labute approximate surface area is 122 Å². The molecule has 0 saturated carbocycles. The van der Waals surface area contributed by atoms with Crippen molar-refractivity contribution in [3.8, 4) is 11.5 Å². The molecule has 0 heterocycles. The zero-order valence-corrected chi connectivity index (χ0v) is 11.6. The summed E-state index contributed by atoms with van der Waals surface area (Å²) in [6, 6.07) is 10.8. The molecule has 21 heavy (non-hydrogen) atoms. The minimum atomic E-state index is -1.48. The molecule has 0 spiro atoms. The zero-order valence-electron chi connectivity index (χ0n) is 11.6. The van der Waals surface area contributed by atoms with Crippen LogP contribution in [0.4, 0.5) is 4.39 Å². The first kappa shape index (κ1) is 15.3. The van der Waals surface area contributed by atoms with Crippen molar-refractivity contribution in [2.45, 2.75) is 6.92 Å². The molecule has 0 amide bonds. The molecule has 0 aliphatic heterocycles. The summed E-state index contributed by atoms with van der Waals surface area (Å²) < 4.78 is 23.9. The summed E-state index contributed by atoms with van der Waals surface area (Å²) in [6.07, 6.45) is 0. The Kier molecular flexibility index (Phi) is 5.19. The molecular formula is C15H16BFO4. The molecule has 0 radical (unpaired) electrons. The van der Waals surface area contributed by atoms with Gasteiger partial charge < -0.3 is 19.5 Å². The molecule has 2 N–H and O–H groups in total. The molecule has 0 fully saturated rings. The fourth-order valence-corrected chi connectivity index (χ4v) is 1.82. The average molecular weight is 290 g/mol. The van der Waals surface area contributed by atoms with E-state index >= 15 is 0 Å². The molecule has 0 bridgehead atoms. The van der Waals surface area contributed by atoms with Crippen molar-refractivity contribution < 1.29 is 23.9 Å². The van der Waals surface area contributed by atoms with Gasteiger partial charge >= 0.3 is 7.12 Å². The molecule has 6 heteroatoms. The molecule has 2 rings (SSSR count). The van der Waals surface area contributed by atoms with Gasteiger partial charge in [0.1, 0.15) is 30.5 Å². The van der Waals surface area contributed by atoms with E-state index < -0.39 is 7.12 Å². The highest BCUT2D eigenvalue weighted by Gasteiger charge is 2.09. The lowest BCUT2D eigenvalue weighted by Crippen LogP contribution is -2.29. The van der Waals surface area contributed by atoms with E-state index in [1.165, 1.54) is 12.1 Å². The summed E-state index contributed by atoms with van der Waals surface area (Å²) in [7, 11) is -1.48. The maximum Gasteiger partial charge on any atom is 0.488 e. The number of hydrogen-bond acceptors (Lipinski definition) is 4. The van der Waals surface area contributed by atoms with Gasteiger partial charge in [-0.2, -0.15) is 0 Å². The van der Waals surface area contributed by atoms with Crippen LogP contribution < -0.4 is 14.9 Å². The third kappa shape index (κ3) is 4.48. The van der Waals surface area contributed by atoms with E-state index in [4.69, 9.17) is 19.5 Å². The van der Waals surface area contributed by atoms with Crippen LogP contribution in [0, 0.1) is 12.7 Å². The summed E-state index contributed by atoms with van der Waals surface area (Å²) >= 11 is 0. The maximum absolute atomic E-state index is 12.9. The molecule has 4 nitrogen and oxygen atoms in total. The lowest BCUT2D eigenvalue weighted by molar-refractivity contribution is 0.216. The van der Waals surface area contributed by atoms with E-state index in [0.717, 1.165) is 5.56 Å². The van der Waals surface area contributed by atoms with Crippen LogP contribution in [-0.4, -0.2) is 30.4 Å². The van der Waals surface area contributed by atoms with Crippen molar-refractivity contribution in [3.63, 3.8) is 0 Å². The van der Waals surface area contributed by atoms with Crippen molar-refractivity contribution >= 4 is 12.6 Å². The van der Waals surface area contributed by atoms with Crippen LogP contribution in [0.2, 0.25) is 0 Å². The van der Waals surface area contributed by atoms with Gasteiger partial charge in [-0.25, -0.2) is 4.39 Å². The van der Waals surface area contributed by atoms with E-state index in [1.807, 2.05) is 0 Å².